The minimum Gasteiger partial charge on any atom is -0.485 e. The fourth-order valence-electron chi connectivity index (χ4n) is 3.29. The molecule has 0 saturated carbocycles. The fourth-order valence-corrected chi connectivity index (χ4v) is 3.29. The first kappa shape index (κ1) is 14.1. The normalized spacial score (nSPS) is 20.8. The molecule has 21 heavy (non-hydrogen) atoms. The molecular formula is C18H19FO2. The molecule has 0 aromatic heterocycles. The van der Waals surface area contributed by atoms with Gasteiger partial charge in [0.05, 0.1) is 6.10 Å². The van der Waals surface area contributed by atoms with Crippen molar-refractivity contribution in [3.8, 4) is 5.75 Å². The molecule has 1 heterocycles. The molecule has 3 heteroatoms. The Morgan fingerprint density at radius 1 is 1.10 bits per heavy atom. The van der Waals surface area contributed by atoms with Gasteiger partial charge in [-0.3, -0.25) is 0 Å². The molecule has 2 aromatic carbocycles. The second-order valence-corrected chi connectivity index (χ2v) is 5.85. The molecule has 0 fully saturated rings. The van der Waals surface area contributed by atoms with E-state index in [0.717, 1.165) is 16.7 Å². The predicted molar refractivity (Wildman–Crippen MR) is 80.0 cm³/mol. The van der Waals surface area contributed by atoms with E-state index < -0.39 is 6.10 Å². The summed E-state index contributed by atoms with van der Waals surface area (Å²) in [5, 5.41) is 10.3. The van der Waals surface area contributed by atoms with E-state index in [9.17, 15) is 9.50 Å². The van der Waals surface area contributed by atoms with Gasteiger partial charge in [-0.05, 0) is 49.6 Å². The van der Waals surface area contributed by atoms with Crippen LogP contribution in [0.5, 0.6) is 5.75 Å². The van der Waals surface area contributed by atoms with Gasteiger partial charge in [-0.25, -0.2) is 4.39 Å². The van der Waals surface area contributed by atoms with Gasteiger partial charge in [-0.15, -0.1) is 0 Å². The lowest BCUT2D eigenvalue weighted by Gasteiger charge is -2.31. The number of aryl methyl sites for hydroxylation is 3. The standard InChI is InChI=1S/C18H19FO2/c1-10-6-11(2)18(12(3)7-10)17-9-15(20)14-5-4-13(19)8-16(14)21-17/h4-8,15,17,20H,9H2,1-3H3/t15-,17?/m1/s1. The van der Waals surface area contributed by atoms with Crippen LogP contribution >= 0.6 is 0 Å². The van der Waals surface area contributed by atoms with Gasteiger partial charge in [0.25, 0.3) is 0 Å². The number of hydrogen-bond acceptors (Lipinski definition) is 2. The Bertz CT molecular complexity index is 671. The Balaban J connectivity index is 2.03. The monoisotopic (exact) mass is 286 g/mol. The van der Waals surface area contributed by atoms with E-state index in [-0.39, 0.29) is 11.9 Å². The second kappa shape index (κ2) is 5.15. The smallest absolute Gasteiger partial charge is 0.128 e. The lowest BCUT2D eigenvalue weighted by atomic mass is 9.89. The summed E-state index contributed by atoms with van der Waals surface area (Å²) in [4.78, 5) is 0. The van der Waals surface area contributed by atoms with Crippen LogP contribution in [0.3, 0.4) is 0 Å². The average molecular weight is 286 g/mol. The molecule has 1 aliphatic heterocycles. The van der Waals surface area contributed by atoms with Gasteiger partial charge in [-0.1, -0.05) is 17.7 Å². The summed E-state index contributed by atoms with van der Waals surface area (Å²) in [6.07, 6.45) is -0.377. The lowest BCUT2D eigenvalue weighted by molar-refractivity contribution is 0.0648. The zero-order valence-corrected chi connectivity index (χ0v) is 12.5. The zero-order valence-electron chi connectivity index (χ0n) is 12.5. The third-order valence-electron chi connectivity index (χ3n) is 4.10. The highest BCUT2D eigenvalue weighted by Gasteiger charge is 2.30. The Hall–Kier alpha value is -1.87. The van der Waals surface area contributed by atoms with Crippen LogP contribution in [0, 0.1) is 26.6 Å². The quantitative estimate of drug-likeness (QED) is 0.846. The van der Waals surface area contributed by atoms with Crippen molar-refractivity contribution in [2.45, 2.75) is 39.4 Å². The molecule has 3 rings (SSSR count). The van der Waals surface area contributed by atoms with Gasteiger partial charge < -0.3 is 9.84 Å². The van der Waals surface area contributed by atoms with Crippen LogP contribution in [-0.4, -0.2) is 5.11 Å². The summed E-state index contributed by atoms with van der Waals surface area (Å²) < 4.78 is 19.4. The summed E-state index contributed by atoms with van der Waals surface area (Å²) in [7, 11) is 0. The van der Waals surface area contributed by atoms with E-state index in [0.29, 0.717) is 17.7 Å². The maximum atomic E-state index is 13.4. The van der Waals surface area contributed by atoms with E-state index in [1.165, 1.54) is 17.7 Å². The van der Waals surface area contributed by atoms with Crippen molar-refractivity contribution in [3.05, 3.63) is 64.0 Å². The Kier molecular flexibility index (Phi) is 3.46. The molecule has 0 radical (unpaired) electrons. The van der Waals surface area contributed by atoms with Gasteiger partial charge in [0, 0.05) is 18.1 Å². The van der Waals surface area contributed by atoms with Crippen molar-refractivity contribution < 1.29 is 14.2 Å². The molecule has 0 aliphatic carbocycles. The number of rotatable bonds is 1. The van der Waals surface area contributed by atoms with E-state index in [1.807, 2.05) is 13.8 Å². The predicted octanol–water partition coefficient (Wildman–Crippen LogP) is 4.31. The van der Waals surface area contributed by atoms with Crippen LogP contribution in [0.15, 0.2) is 30.3 Å². The van der Waals surface area contributed by atoms with Crippen LogP contribution in [0.1, 0.15) is 46.4 Å². The van der Waals surface area contributed by atoms with E-state index >= 15 is 0 Å². The molecule has 1 aliphatic rings. The van der Waals surface area contributed by atoms with Crippen molar-refractivity contribution >= 4 is 0 Å². The highest BCUT2D eigenvalue weighted by molar-refractivity contribution is 5.43. The highest BCUT2D eigenvalue weighted by Crippen LogP contribution is 2.42. The van der Waals surface area contributed by atoms with Crippen LogP contribution in [0.25, 0.3) is 0 Å². The molecule has 110 valence electrons. The number of benzene rings is 2. The summed E-state index contributed by atoms with van der Waals surface area (Å²) in [5.41, 5.74) is 5.25. The first-order valence-electron chi connectivity index (χ1n) is 7.17. The van der Waals surface area contributed by atoms with Gasteiger partial charge >= 0.3 is 0 Å². The molecule has 0 amide bonds. The van der Waals surface area contributed by atoms with Crippen LogP contribution in [-0.2, 0) is 0 Å². The Labute approximate surface area is 124 Å². The minimum atomic E-state index is -0.626. The second-order valence-electron chi connectivity index (χ2n) is 5.85. The number of aliphatic hydroxyl groups excluding tert-OH is 1. The number of halogens is 1. The molecule has 2 aromatic rings. The minimum absolute atomic E-state index is 0.241. The SMILES string of the molecule is Cc1cc(C)c(C2C[C@@H](O)c3ccc(F)cc3O2)c(C)c1. The summed E-state index contributed by atoms with van der Waals surface area (Å²) in [6, 6.07) is 8.52. The fraction of sp³-hybridized carbons (Fsp3) is 0.333. The van der Waals surface area contributed by atoms with E-state index in [2.05, 4.69) is 19.1 Å². The molecule has 1 unspecified atom stereocenters. The zero-order chi connectivity index (χ0) is 15.1. The third kappa shape index (κ3) is 2.54. The summed E-state index contributed by atoms with van der Waals surface area (Å²) >= 11 is 0. The molecule has 0 spiro atoms. The van der Waals surface area contributed by atoms with Gasteiger partial charge in [-0.2, -0.15) is 0 Å². The summed E-state index contributed by atoms with van der Waals surface area (Å²) in [5.74, 6) is 0.0945. The van der Waals surface area contributed by atoms with Crippen molar-refractivity contribution in [3.63, 3.8) is 0 Å². The average Bonchev–Trinajstić information content (AvgIpc) is 2.36. The van der Waals surface area contributed by atoms with Gasteiger partial charge in [0.15, 0.2) is 0 Å². The van der Waals surface area contributed by atoms with Crippen molar-refractivity contribution in [1.82, 2.24) is 0 Å². The maximum absolute atomic E-state index is 13.4. The Morgan fingerprint density at radius 3 is 2.43 bits per heavy atom. The number of ether oxygens (including phenoxy) is 1. The molecule has 1 N–H and O–H groups in total. The van der Waals surface area contributed by atoms with Crippen molar-refractivity contribution in [2.24, 2.45) is 0 Å². The van der Waals surface area contributed by atoms with Crippen LogP contribution in [0.2, 0.25) is 0 Å². The first-order chi connectivity index (χ1) is 9.95. The Morgan fingerprint density at radius 2 is 1.76 bits per heavy atom. The maximum Gasteiger partial charge on any atom is 0.128 e. The topological polar surface area (TPSA) is 29.5 Å². The lowest BCUT2D eigenvalue weighted by Crippen LogP contribution is -2.20. The third-order valence-corrected chi connectivity index (χ3v) is 4.10. The molecule has 0 bridgehead atoms. The van der Waals surface area contributed by atoms with E-state index in [1.54, 1.807) is 6.07 Å². The van der Waals surface area contributed by atoms with E-state index in [4.69, 9.17) is 4.74 Å². The number of fused-ring (bicyclic) bond motifs is 1. The van der Waals surface area contributed by atoms with Crippen LogP contribution < -0.4 is 4.74 Å². The highest BCUT2D eigenvalue weighted by atomic mass is 19.1. The molecule has 2 nitrogen and oxygen atoms in total. The molecular weight excluding hydrogens is 267 g/mol. The van der Waals surface area contributed by atoms with Crippen molar-refractivity contribution in [1.29, 1.82) is 0 Å². The molecule has 2 atom stereocenters. The van der Waals surface area contributed by atoms with Crippen LogP contribution in [0.4, 0.5) is 4.39 Å². The largest absolute Gasteiger partial charge is 0.485 e. The number of aliphatic hydroxyl groups is 1. The van der Waals surface area contributed by atoms with Gasteiger partial charge in [0.2, 0.25) is 0 Å². The first-order valence-corrected chi connectivity index (χ1v) is 7.17. The summed E-state index contributed by atoms with van der Waals surface area (Å²) in [6.45, 7) is 6.16. The molecule has 0 saturated heterocycles. The van der Waals surface area contributed by atoms with Gasteiger partial charge in [0.1, 0.15) is 17.7 Å². The number of hydrogen-bond donors (Lipinski definition) is 1. The van der Waals surface area contributed by atoms with Crippen molar-refractivity contribution in [2.75, 3.05) is 0 Å².